The van der Waals surface area contributed by atoms with E-state index in [1.54, 1.807) is 0 Å². The molecule has 1 saturated heterocycles. The van der Waals surface area contributed by atoms with Crippen molar-refractivity contribution in [3.63, 3.8) is 0 Å². The first kappa shape index (κ1) is 15.5. The number of aryl methyl sites for hydroxylation is 1. The van der Waals surface area contributed by atoms with Crippen LogP contribution in [0, 0.1) is 6.92 Å². The standard InChI is InChI=1S/C14H19F2N3O2/c1-9-5-6-11(19(9)14(15)16)13(21)18-7-3-2-4-10(18)8-12(17)20/h5-6,10,14H,2-4,7-8H2,1H3,(H2,17,20)/t10-/m1/s1. The lowest BCUT2D eigenvalue weighted by Gasteiger charge is -2.35. The lowest BCUT2D eigenvalue weighted by Crippen LogP contribution is -2.46. The van der Waals surface area contributed by atoms with Crippen molar-refractivity contribution in [1.29, 1.82) is 0 Å². The molecule has 0 radical (unpaired) electrons. The summed E-state index contributed by atoms with van der Waals surface area (Å²) < 4.78 is 26.9. The molecular weight excluding hydrogens is 280 g/mol. The molecule has 7 heteroatoms. The van der Waals surface area contributed by atoms with E-state index in [2.05, 4.69) is 0 Å². The minimum Gasteiger partial charge on any atom is -0.370 e. The Morgan fingerprint density at radius 1 is 1.38 bits per heavy atom. The Labute approximate surface area is 121 Å². The smallest absolute Gasteiger partial charge is 0.319 e. The third-order valence-electron chi connectivity index (χ3n) is 3.86. The van der Waals surface area contributed by atoms with E-state index in [1.807, 2.05) is 0 Å². The number of rotatable bonds is 4. The number of hydrogen-bond acceptors (Lipinski definition) is 2. The third kappa shape index (κ3) is 3.22. The SMILES string of the molecule is Cc1ccc(C(=O)N2CCCC[C@@H]2CC(N)=O)n1C(F)F. The molecule has 1 atom stereocenters. The monoisotopic (exact) mass is 299 g/mol. The summed E-state index contributed by atoms with van der Waals surface area (Å²) in [6.07, 6.45) is 2.44. The molecule has 1 fully saturated rings. The Morgan fingerprint density at radius 2 is 2.10 bits per heavy atom. The van der Waals surface area contributed by atoms with Crippen molar-refractivity contribution in [2.24, 2.45) is 5.73 Å². The summed E-state index contributed by atoms with van der Waals surface area (Å²) in [6, 6.07) is 2.59. The zero-order valence-corrected chi connectivity index (χ0v) is 11.9. The number of amides is 2. The van der Waals surface area contributed by atoms with Gasteiger partial charge in [0.15, 0.2) is 0 Å². The number of carbonyl (C=O) groups is 2. The van der Waals surface area contributed by atoms with Gasteiger partial charge in [-0.15, -0.1) is 0 Å². The van der Waals surface area contributed by atoms with Gasteiger partial charge >= 0.3 is 6.55 Å². The van der Waals surface area contributed by atoms with Crippen LogP contribution in [0.25, 0.3) is 0 Å². The Balaban J connectivity index is 2.27. The number of halogens is 2. The fraction of sp³-hybridized carbons (Fsp3) is 0.571. The van der Waals surface area contributed by atoms with E-state index in [-0.39, 0.29) is 18.2 Å². The Hall–Kier alpha value is -1.92. The van der Waals surface area contributed by atoms with Crippen LogP contribution in [0.3, 0.4) is 0 Å². The van der Waals surface area contributed by atoms with Crippen LogP contribution in [0.5, 0.6) is 0 Å². The van der Waals surface area contributed by atoms with Crippen molar-refractivity contribution in [2.75, 3.05) is 6.54 Å². The lowest BCUT2D eigenvalue weighted by atomic mass is 9.98. The van der Waals surface area contributed by atoms with Gasteiger partial charge in [-0.2, -0.15) is 8.78 Å². The van der Waals surface area contributed by atoms with Gasteiger partial charge in [0.25, 0.3) is 5.91 Å². The van der Waals surface area contributed by atoms with Crippen molar-refractivity contribution in [3.05, 3.63) is 23.5 Å². The molecule has 1 aromatic rings. The molecule has 21 heavy (non-hydrogen) atoms. The van der Waals surface area contributed by atoms with Gasteiger partial charge in [0.05, 0.1) is 0 Å². The predicted molar refractivity (Wildman–Crippen MR) is 72.9 cm³/mol. The predicted octanol–water partition coefficient (Wildman–Crippen LogP) is 2.06. The zero-order valence-electron chi connectivity index (χ0n) is 11.9. The molecule has 2 N–H and O–H groups in total. The molecule has 1 aliphatic heterocycles. The van der Waals surface area contributed by atoms with Gasteiger partial charge in [0, 0.05) is 24.7 Å². The number of aromatic nitrogens is 1. The van der Waals surface area contributed by atoms with E-state index in [0.29, 0.717) is 18.7 Å². The number of piperidine rings is 1. The van der Waals surface area contributed by atoms with Crippen molar-refractivity contribution in [3.8, 4) is 0 Å². The lowest BCUT2D eigenvalue weighted by molar-refractivity contribution is -0.119. The maximum Gasteiger partial charge on any atom is 0.319 e. The first-order valence-electron chi connectivity index (χ1n) is 6.97. The van der Waals surface area contributed by atoms with E-state index < -0.39 is 18.4 Å². The molecule has 2 heterocycles. The number of nitrogens with two attached hydrogens (primary N) is 1. The largest absolute Gasteiger partial charge is 0.370 e. The molecule has 0 unspecified atom stereocenters. The summed E-state index contributed by atoms with van der Waals surface area (Å²) in [4.78, 5) is 25.2. The molecule has 1 aliphatic rings. The van der Waals surface area contributed by atoms with Crippen molar-refractivity contribution in [1.82, 2.24) is 9.47 Å². The zero-order chi connectivity index (χ0) is 15.6. The Kier molecular flexibility index (Phi) is 4.59. The molecule has 0 bridgehead atoms. The second-order valence-corrected chi connectivity index (χ2v) is 5.33. The second-order valence-electron chi connectivity index (χ2n) is 5.33. The van der Waals surface area contributed by atoms with Crippen LogP contribution in [0.2, 0.25) is 0 Å². The van der Waals surface area contributed by atoms with Crippen LogP contribution in [0.4, 0.5) is 8.78 Å². The maximum absolute atomic E-state index is 13.1. The van der Waals surface area contributed by atoms with Gasteiger partial charge in [-0.05, 0) is 38.3 Å². The van der Waals surface area contributed by atoms with Crippen LogP contribution in [0.15, 0.2) is 12.1 Å². The molecule has 1 aromatic heterocycles. The molecule has 0 spiro atoms. The highest BCUT2D eigenvalue weighted by atomic mass is 19.3. The molecule has 0 aliphatic carbocycles. The second kappa shape index (κ2) is 6.24. The number of carbonyl (C=O) groups excluding carboxylic acids is 2. The highest BCUT2D eigenvalue weighted by molar-refractivity contribution is 5.93. The number of hydrogen-bond donors (Lipinski definition) is 1. The quantitative estimate of drug-likeness (QED) is 0.924. The number of nitrogens with zero attached hydrogens (tertiary/aromatic N) is 2. The number of primary amides is 1. The van der Waals surface area contributed by atoms with E-state index in [1.165, 1.54) is 24.0 Å². The molecule has 0 saturated carbocycles. The van der Waals surface area contributed by atoms with Gasteiger partial charge in [-0.25, -0.2) is 0 Å². The summed E-state index contributed by atoms with van der Waals surface area (Å²) in [5, 5.41) is 0. The Morgan fingerprint density at radius 3 is 2.71 bits per heavy atom. The van der Waals surface area contributed by atoms with Gasteiger partial charge in [-0.1, -0.05) is 0 Å². The fourth-order valence-electron chi connectivity index (χ4n) is 2.84. The summed E-state index contributed by atoms with van der Waals surface area (Å²) in [6.45, 7) is -0.775. The van der Waals surface area contributed by atoms with E-state index in [0.717, 1.165) is 17.4 Å². The van der Waals surface area contributed by atoms with Gasteiger partial charge in [-0.3, -0.25) is 14.2 Å². The van der Waals surface area contributed by atoms with Gasteiger partial charge in [0.2, 0.25) is 5.91 Å². The van der Waals surface area contributed by atoms with Crippen molar-refractivity contribution < 1.29 is 18.4 Å². The molecular formula is C14H19F2N3O2. The van der Waals surface area contributed by atoms with Gasteiger partial charge < -0.3 is 10.6 Å². The minimum absolute atomic E-state index is 0.0427. The summed E-state index contributed by atoms with van der Waals surface area (Å²) in [7, 11) is 0. The van der Waals surface area contributed by atoms with Crippen LogP contribution < -0.4 is 5.73 Å². The highest BCUT2D eigenvalue weighted by Gasteiger charge is 2.31. The van der Waals surface area contributed by atoms with Gasteiger partial charge in [0.1, 0.15) is 5.69 Å². The fourth-order valence-corrected chi connectivity index (χ4v) is 2.84. The number of alkyl halides is 2. The first-order valence-corrected chi connectivity index (χ1v) is 6.97. The van der Waals surface area contributed by atoms with E-state index in [4.69, 9.17) is 5.73 Å². The topological polar surface area (TPSA) is 68.3 Å². The summed E-state index contributed by atoms with van der Waals surface area (Å²) in [5.41, 5.74) is 5.49. The average molecular weight is 299 g/mol. The van der Waals surface area contributed by atoms with E-state index in [9.17, 15) is 18.4 Å². The molecule has 2 rings (SSSR count). The van der Waals surface area contributed by atoms with Crippen LogP contribution in [-0.4, -0.2) is 33.9 Å². The first-order chi connectivity index (χ1) is 9.91. The molecule has 0 aromatic carbocycles. The van der Waals surface area contributed by atoms with Crippen LogP contribution in [0.1, 0.15) is 48.4 Å². The third-order valence-corrected chi connectivity index (χ3v) is 3.86. The molecule has 2 amide bonds. The Bertz CT molecular complexity index is 542. The van der Waals surface area contributed by atoms with E-state index >= 15 is 0 Å². The van der Waals surface area contributed by atoms with Crippen LogP contribution >= 0.6 is 0 Å². The summed E-state index contributed by atoms with van der Waals surface area (Å²) in [5.74, 6) is -0.950. The summed E-state index contributed by atoms with van der Waals surface area (Å²) >= 11 is 0. The maximum atomic E-state index is 13.1. The highest BCUT2D eigenvalue weighted by Crippen LogP contribution is 2.25. The van der Waals surface area contributed by atoms with Crippen molar-refractivity contribution >= 4 is 11.8 Å². The number of likely N-dealkylation sites (tertiary alicyclic amines) is 1. The normalized spacial score (nSPS) is 19.0. The molecule has 116 valence electrons. The minimum atomic E-state index is -2.77. The molecule has 5 nitrogen and oxygen atoms in total. The van der Waals surface area contributed by atoms with Crippen molar-refractivity contribution in [2.45, 2.75) is 45.2 Å². The average Bonchev–Trinajstić information content (AvgIpc) is 2.80. The van der Waals surface area contributed by atoms with Crippen LogP contribution in [-0.2, 0) is 4.79 Å².